The molecule has 5 heavy (non-hydrogen) atoms. The van der Waals surface area contributed by atoms with E-state index >= 15 is 0 Å². The third-order valence-electron chi connectivity index (χ3n) is 0.228. The molecule has 0 saturated heterocycles. The summed E-state index contributed by atoms with van der Waals surface area (Å²) in [4.78, 5) is 9.68. The number of hydrogen-bond acceptors (Lipinski definition) is 2. The maximum absolute atomic E-state index is 9.68. The van der Waals surface area contributed by atoms with Crippen molar-refractivity contribution in [3.63, 3.8) is 0 Å². The second kappa shape index (κ2) is 2.63. The van der Waals surface area contributed by atoms with Crippen molar-refractivity contribution in [2.24, 2.45) is 0 Å². The Morgan fingerprint density at radius 3 is 2.20 bits per heavy atom. The van der Waals surface area contributed by atoms with Crippen LogP contribution in [0, 0.1) is 0 Å². The van der Waals surface area contributed by atoms with Gasteiger partial charge >= 0.3 is 46.2 Å². The van der Waals surface area contributed by atoms with E-state index in [-0.39, 0.29) is 29.6 Å². The Bertz CT molecular complexity index is 42.9. The summed E-state index contributed by atoms with van der Waals surface area (Å²) in [6, 6.07) is 0. The maximum atomic E-state index is 9.68. The average Bonchev–Trinajstić information content (AvgIpc) is 1.38. The van der Waals surface area contributed by atoms with Crippen LogP contribution in [-0.4, -0.2) is 10.6 Å². The van der Waals surface area contributed by atoms with E-state index < -0.39 is 0 Å². The molecule has 0 aromatic rings. The molecule has 0 unspecified atom stereocenters. The van der Waals surface area contributed by atoms with Crippen molar-refractivity contribution in [3.8, 4) is 0 Å². The van der Waals surface area contributed by atoms with Gasteiger partial charge in [-0.3, -0.25) is 0 Å². The van der Waals surface area contributed by atoms with Crippen molar-refractivity contribution < 1.29 is 35.7 Å². The molecule has 2 nitrogen and oxygen atoms in total. The van der Waals surface area contributed by atoms with Gasteiger partial charge in [0.2, 0.25) is 0 Å². The molecule has 0 rings (SSSR count). The molecule has 0 N–H and O–H groups in total. The first-order chi connectivity index (χ1) is 2.27. The Morgan fingerprint density at radius 2 is 2.20 bits per heavy atom. The molecular weight excluding hydrogens is 257 g/mol. The molecule has 0 aliphatic rings. The van der Waals surface area contributed by atoms with E-state index in [1.807, 2.05) is 0 Å². The molecule has 0 atom stereocenters. The molecule has 0 amide bonds. The third-order valence-corrected chi connectivity index (χ3v) is 1.35. The second-order valence-corrected chi connectivity index (χ2v) is 2.82. The topological polar surface area (TPSA) is 26.3 Å². The zero-order chi connectivity index (χ0) is 4.28. The molecule has 0 spiro atoms. The summed E-state index contributed by atoms with van der Waals surface area (Å²) in [6.45, 7) is 0. The quantitative estimate of drug-likeness (QED) is 0.585. The average molecular weight is 260 g/mol. The van der Waals surface area contributed by atoms with E-state index in [2.05, 4.69) is 4.74 Å². The zero-order valence-electron chi connectivity index (χ0n) is 3.02. The fourth-order valence-electron chi connectivity index (χ4n) is 0. The van der Waals surface area contributed by atoms with E-state index in [1.165, 1.54) is 7.11 Å². The SMILES string of the molecule is CO[C](=O)[Hg+]. The molecule has 0 radical (unpaired) electrons. The number of ether oxygens (including phenoxy) is 1. The van der Waals surface area contributed by atoms with E-state index in [0.29, 0.717) is 0 Å². The van der Waals surface area contributed by atoms with Gasteiger partial charge in [-0.2, -0.15) is 0 Å². The Hall–Kier alpha value is 0.405. The molecule has 0 bridgehead atoms. The number of methoxy groups -OCH3 is 1. The molecule has 0 fully saturated rings. The van der Waals surface area contributed by atoms with Gasteiger partial charge < -0.3 is 0 Å². The summed E-state index contributed by atoms with van der Waals surface area (Å²) in [6.07, 6.45) is 0. The van der Waals surface area contributed by atoms with Crippen LogP contribution in [0.15, 0.2) is 0 Å². The van der Waals surface area contributed by atoms with Gasteiger partial charge in [0.25, 0.3) is 0 Å². The van der Waals surface area contributed by atoms with Gasteiger partial charge in [0.05, 0.1) is 0 Å². The Balaban J connectivity index is 2.85. The number of rotatable bonds is 0. The van der Waals surface area contributed by atoms with Crippen LogP contribution < -0.4 is 0 Å². The summed E-state index contributed by atoms with van der Waals surface area (Å²) in [5, 5.41) is 0. The summed E-state index contributed by atoms with van der Waals surface area (Å²) in [5.41, 5.74) is 0. The second-order valence-electron chi connectivity index (χ2n) is 0.576. The molecule has 0 aromatic carbocycles. The summed E-state index contributed by atoms with van der Waals surface area (Å²) < 4.78 is 4.15. The van der Waals surface area contributed by atoms with Gasteiger partial charge in [0.1, 0.15) is 0 Å². The summed E-state index contributed by atoms with van der Waals surface area (Å²) >= 11 is 0.167. The molecule has 3 heteroatoms. The first-order valence-corrected chi connectivity index (χ1v) is 3.92. The van der Waals surface area contributed by atoms with Gasteiger partial charge in [-0.05, 0) is 0 Å². The molecule has 0 aromatic heterocycles. The van der Waals surface area contributed by atoms with Crippen molar-refractivity contribution in [2.75, 3.05) is 7.11 Å². The molecule has 0 aliphatic carbocycles. The standard InChI is InChI=1S/C2H3O2.Hg/c1-4-2-3;/h1H3;/q;+1. The predicted molar refractivity (Wildman–Crippen MR) is 12.4 cm³/mol. The van der Waals surface area contributed by atoms with Crippen LogP contribution in [0.2, 0.25) is 0 Å². The van der Waals surface area contributed by atoms with Gasteiger partial charge in [-0.1, -0.05) is 0 Å². The van der Waals surface area contributed by atoms with Crippen LogP contribution in [0.3, 0.4) is 0 Å². The molecule has 24 valence electrons. The molecule has 0 heterocycles. The Kier molecular flexibility index (Phi) is 2.85. The van der Waals surface area contributed by atoms with E-state index in [0.717, 1.165) is 0 Å². The minimum absolute atomic E-state index is 0.0509. The third kappa shape index (κ3) is 4.41. The van der Waals surface area contributed by atoms with Gasteiger partial charge in [0.15, 0.2) is 0 Å². The van der Waals surface area contributed by atoms with Crippen LogP contribution in [0.5, 0.6) is 0 Å². The summed E-state index contributed by atoms with van der Waals surface area (Å²) in [5.74, 6) is 0. The molecule has 0 aliphatic heterocycles. The van der Waals surface area contributed by atoms with Crippen LogP contribution >= 0.6 is 0 Å². The Morgan fingerprint density at radius 1 is 2.00 bits per heavy atom. The monoisotopic (exact) mass is 261 g/mol. The minimum atomic E-state index is -0.0509. The van der Waals surface area contributed by atoms with Crippen LogP contribution in [0.4, 0.5) is 4.79 Å². The normalized spacial score (nSPS) is 7.00. The van der Waals surface area contributed by atoms with Gasteiger partial charge in [-0.15, -0.1) is 0 Å². The van der Waals surface area contributed by atoms with Crippen molar-refractivity contribution >= 4 is 3.48 Å². The van der Waals surface area contributed by atoms with Gasteiger partial charge in [-0.25, -0.2) is 0 Å². The molecule has 0 saturated carbocycles. The predicted octanol–water partition coefficient (Wildman–Crippen LogP) is 0.300. The van der Waals surface area contributed by atoms with Crippen molar-refractivity contribution in [3.05, 3.63) is 0 Å². The van der Waals surface area contributed by atoms with Crippen molar-refractivity contribution in [1.82, 2.24) is 0 Å². The van der Waals surface area contributed by atoms with Crippen molar-refractivity contribution in [2.45, 2.75) is 0 Å². The van der Waals surface area contributed by atoms with Crippen LogP contribution in [-0.2, 0) is 30.9 Å². The van der Waals surface area contributed by atoms with E-state index in [4.69, 9.17) is 0 Å². The van der Waals surface area contributed by atoms with E-state index in [9.17, 15) is 4.79 Å². The molecular formula is C2H3HgO2+. The Labute approximate surface area is 46.5 Å². The number of hydrogen-bond donors (Lipinski definition) is 0. The van der Waals surface area contributed by atoms with Crippen LogP contribution in [0.25, 0.3) is 0 Å². The summed E-state index contributed by atoms with van der Waals surface area (Å²) in [7, 11) is 1.40. The number of carbonyl (C=O) groups is 1. The zero-order valence-corrected chi connectivity index (χ0v) is 8.52. The first-order valence-electron chi connectivity index (χ1n) is 1.17. The fourth-order valence-corrected chi connectivity index (χ4v) is 0. The van der Waals surface area contributed by atoms with Crippen molar-refractivity contribution in [1.29, 1.82) is 0 Å². The van der Waals surface area contributed by atoms with E-state index in [1.54, 1.807) is 0 Å². The number of carbonyl (C=O) groups excluding carboxylic acids is 1. The van der Waals surface area contributed by atoms with Gasteiger partial charge in [0, 0.05) is 0 Å². The fraction of sp³-hybridized carbons (Fsp3) is 0.500. The van der Waals surface area contributed by atoms with Crippen LogP contribution in [0.1, 0.15) is 0 Å². The first kappa shape index (κ1) is 5.41.